The first kappa shape index (κ1) is 13.7. The van der Waals surface area contributed by atoms with Crippen molar-refractivity contribution in [3.8, 4) is 0 Å². The number of alkyl halides is 3. The van der Waals surface area contributed by atoms with Crippen molar-refractivity contribution in [3.63, 3.8) is 0 Å². The van der Waals surface area contributed by atoms with E-state index in [4.69, 9.17) is 0 Å². The van der Waals surface area contributed by atoms with Gasteiger partial charge in [0, 0.05) is 11.3 Å². The standard InChI is InChI=1S/C16H12F3NO/c1-10-7-12-13(14(8-10)16(17,18)19)9-20(15(12)21)11-5-3-2-4-6-11/h2-8H,9H2,1H3. The highest BCUT2D eigenvalue weighted by Gasteiger charge is 2.40. The Bertz CT molecular complexity index is 707. The number of anilines is 1. The fourth-order valence-corrected chi connectivity index (χ4v) is 2.62. The lowest BCUT2D eigenvalue weighted by atomic mass is 9.99. The summed E-state index contributed by atoms with van der Waals surface area (Å²) in [6, 6.07) is 11.3. The monoisotopic (exact) mass is 291 g/mol. The second-order valence-electron chi connectivity index (χ2n) is 5.06. The molecule has 1 amide bonds. The van der Waals surface area contributed by atoms with Gasteiger partial charge in [-0.05, 0) is 42.3 Å². The Balaban J connectivity index is 2.12. The van der Waals surface area contributed by atoms with Crippen LogP contribution in [-0.4, -0.2) is 5.91 Å². The quantitative estimate of drug-likeness (QED) is 0.772. The SMILES string of the molecule is Cc1cc2c(c(C(F)(F)F)c1)CN(c1ccccc1)C2=O. The molecule has 2 nitrogen and oxygen atoms in total. The summed E-state index contributed by atoms with van der Waals surface area (Å²) >= 11 is 0. The third-order valence-electron chi connectivity index (χ3n) is 3.56. The second-order valence-corrected chi connectivity index (χ2v) is 5.06. The van der Waals surface area contributed by atoms with Gasteiger partial charge in [0.25, 0.3) is 5.91 Å². The van der Waals surface area contributed by atoms with Gasteiger partial charge in [0.15, 0.2) is 0 Å². The molecular weight excluding hydrogens is 279 g/mol. The molecule has 0 atom stereocenters. The second kappa shape index (κ2) is 4.62. The van der Waals surface area contributed by atoms with Crippen molar-refractivity contribution in [3.05, 3.63) is 64.7 Å². The minimum atomic E-state index is -4.46. The van der Waals surface area contributed by atoms with Gasteiger partial charge in [-0.1, -0.05) is 18.2 Å². The summed E-state index contributed by atoms with van der Waals surface area (Å²) < 4.78 is 39.4. The number of hydrogen-bond acceptors (Lipinski definition) is 1. The Labute approximate surface area is 119 Å². The average molecular weight is 291 g/mol. The van der Waals surface area contributed by atoms with Crippen molar-refractivity contribution < 1.29 is 18.0 Å². The lowest BCUT2D eigenvalue weighted by molar-refractivity contribution is -0.138. The zero-order valence-electron chi connectivity index (χ0n) is 11.2. The van der Waals surface area contributed by atoms with Crippen LogP contribution >= 0.6 is 0 Å². The van der Waals surface area contributed by atoms with Crippen molar-refractivity contribution >= 4 is 11.6 Å². The first-order valence-corrected chi connectivity index (χ1v) is 6.45. The Morgan fingerprint density at radius 2 is 1.76 bits per heavy atom. The number of carbonyl (C=O) groups is 1. The van der Waals surface area contributed by atoms with Gasteiger partial charge in [0.05, 0.1) is 12.1 Å². The molecule has 1 aliphatic heterocycles. The van der Waals surface area contributed by atoms with Crippen LogP contribution in [0.2, 0.25) is 0 Å². The van der Waals surface area contributed by atoms with E-state index in [1.807, 2.05) is 0 Å². The molecule has 0 saturated heterocycles. The van der Waals surface area contributed by atoms with Gasteiger partial charge in [-0.2, -0.15) is 13.2 Å². The largest absolute Gasteiger partial charge is 0.416 e. The van der Waals surface area contributed by atoms with Crippen LogP contribution in [0.3, 0.4) is 0 Å². The molecule has 2 aromatic rings. The number of amides is 1. The molecule has 108 valence electrons. The molecule has 0 saturated carbocycles. The van der Waals surface area contributed by atoms with E-state index in [1.54, 1.807) is 37.3 Å². The van der Waals surface area contributed by atoms with E-state index in [1.165, 1.54) is 11.0 Å². The molecule has 0 N–H and O–H groups in total. The molecule has 0 spiro atoms. The maximum atomic E-state index is 13.1. The van der Waals surface area contributed by atoms with Gasteiger partial charge >= 0.3 is 6.18 Å². The third kappa shape index (κ3) is 2.28. The number of hydrogen-bond donors (Lipinski definition) is 0. The number of halogens is 3. The third-order valence-corrected chi connectivity index (χ3v) is 3.56. The number of para-hydroxylation sites is 1. The van der Waals surface area contributed by atoms with E-state index in [0.29, 0.717) is 11.3 Å². The van der Waals surface area contributed by atoms with Gasteiger partial charge in [-0.25, -0.2) is 0 Å². The van der Waals surface area contributed by atoms with E-state index in [0.717, 1.165) is 6.07 Å². The predicted octanol–water partition coefficient (Wildman–Crippen LogP) is 4.17. The first-order valence-electron chi connectivity index (χ1n) is 6.45. The zero-order valence-corrected chi connectivity index (χ0v) is 11.2. The Kier molecular flexibility index (Phi) is 3.01. The van der Waals surface area contributed by atoms with E-state index in [9.17, 15) is 18.0 Å². The molecule has 3 rings (SSSR count). The molecule has 2 aromatic carbocycles. The van der Waals surface area contributed by atoms with Crippen molar-refractivity contribution in [1.29, 1.82) is 0 Å². The molecule has 21 heavy (non-hydrogen) atoms. The Morgan fingerprint density at radius 1 is 1.10 bits per heavy atom. The number of rotatable bonds is 1. The van der Waals surface area contributed by atoms with Crippen molar-refractivity contribution in [2.75, 3.05) is 4.90 Å². The van der Waals surface area contributed by atoms with Crippen LogP contribution in [0, 0.1) is 6.92 Å². The molecular formula is C16H12F3NO. The van der Waals surface area contributed by atoms with Gasteiger partial charge in [-0.3, -0.25) is 4.79 Å². The highest BCUT2D eigenvalue weighted by atomic mass is 19.4. The summed E-state index contributed by atoms with van der Waals surface area (Å²) in [7, 11) is 0. The van der Waals surface area contributed by atoms with Crippen LogP contribution in [0.4, 0.5) is 18.9 Å². The van der Waals surface area contributed by atoms with Crippen LogP contribution in [0.5, 0.6) is 0 Å². The van der Waals surface area contributed by atoms with E-state index >= 15 is 0 Å². The van der Waals surface area contributed by atoms with Gasteiger partial charge in [0.2, 0.25) is 0 Å². The topological polar surface area (TPSA) is 20.3 Å². The van der Waals surface area contributed by atoms with Crippen molar-refractivity contribution in [2.24, 2.45) is 0 Å². The number of fused-ring (bicyclic) bond motifs is 1. The zero-order chi connectivity index (χ0) is 15.2. The molecule has 0 fully saturated rings. The molecule has 0 bridgehead atoms. The molecule has 5 heteroatoms. The molecule has 0 aromatic heterocycles. The highest BCUT2D eigenvalue weighted by molar-refractivity contribution is 6.10. The maximum absolute atomic E-state index is 13.1. The fraction of sp³-hybridized carbons (Fsp3) is 0.188. The lowest BCUT2D eigenvalue weighted by Gasteiger charge is -2.16. The Hall–Kier alpha value is -2.30. The number of nitrogens with zero attached hydrogens (tertiary/aromatic N) is 1. The first-order chi connectivity index (χ1) is 9.88. The van der Waals surface area contributed by atoms with Gasteiger partial charge < -0.3 is 4.90 Å². The molecule has 0 aliphatic carbocycles. The lowest BCUT2D eigenvalue weighted by Crippen LogP contribution is -2.22. The van der Waals surface area contributed by atoms with Crippen LogP contribution in [-0.2, 0) is 12.7 Å². The minimum absolute atomic E-state index is 0.0483. The Morgan fingerprint density at radius 3 is 2.38 bits per heavy atom. The van der Waals surface area contributed by atoms with Crippen LogP contribution in [0.1, 0.15) is 27.0 Å². The summed E-state index contributed by atoms with van der Waals surface area (Å²) in [4.78, 5) is 13.8. The number of carbonyl (C=O) groups excluding carboxylic acids is 1. The molecule has 1 aliphatic rings. The average Bonchev–Trinajstić information content (AvgIpc) is 2.75. The fourth-order valence-electron chi connectivity index (χ4n) is 2.62. The minimum Gasteiger partial charge on any atom is -0.304 e. The summed E-state index contributed by atoms with van der Waals surface area (Å²) in [6.07, 6.45) is -4.46. The maximum Gasteiger partial charge on any atom is 0.416 e. The summed E-state index contributed by atoms with van der Waals surface area (Å²) in [5.74, 6) is -0.384. The summed E-state index contributed by atoms with van der Waals surface area (Å²) in [5.41, 5.74) is 0.520. The highest BCUT2D eigenvalue weighted by Crippen LogP contribution is 2.39. The van der Waals surface area contributed by atoms with E-state index in [2.05, 4.69) is 0 Å². The smallest absolute Gasteiger partial charge is 0.304 e. The van der Waals surface area contributed by atoms with Crippen LogP contribution < -0.4 is 4.90 Å². The van der Waals surface area contributed by atoms with Crippen molar-refractivity contribution in [1.82, 2.24) is 0 Å². The van der Waals surface area contributed by atoms with Gasteiger partial charge in [-0.15, -0.1) is 0 Å². The summed E-state index contributed by atoms with van der Waals surface area (Å²) in [5, 5.41) is 0. The molecule has 0 radical (unpaired) electrons. The van der Waals surface area contributed by atoms with Crippen LogP contribution in [0.15, 0.2) is 42.5 Å². The predicted molar refractivity (Wildman–Crippen MR) is 73.1 cm³/mol. The molecule has 1 heterocycles. The van der Waals surface area contributed by atoms with Gasteiger partial charge in [0.1, 0.15) is 0 Å². The number of aryl methyl sites for hydroxylation is 1. The van der Waals surface area contributed by atoms with E-state index < -0.39 is 11.7 Å². The summed E-state index contributed by atoms with van der Waals surface area (Å²) in [6.45, 7) is 1.52. The van der Waals surface area contributed by atoms with Crippen molar-refractivity contribution in [2.45, 2.75) is 19.6 Å². The molecule has 0 unspecified atom stereocenters. The van der Waals surface area contributed by atoms with Crippen LogP contribution in [0.25, 0.3) is 0 Å². The number of benzene rings is 2. The van der Waals surface area contributed by atoms with E-state index in [-0.39, 0.29) is 23.6 Å². The normalized spacial score (nSPS) is 14.5.